The number of carbonyl (C=O) groups is 1. The quantitative estimate of drug-likeness (QED) is 0.815. The van der Waals surface area contributed by atoms with Crippen LogP contribution in [0, 0.1) is 0 Å². The van der Waals surface area contributed by atoms with E-state index in [4.69, 9.17) is 4.74 Å². The van der Waals surface area contributed by atoms with Gasteiger partial charge < -0.3 is 10.1 Å². The number of hydrogen-bond donors (Lipinski definition) is 1. The Labute approximate surface area is 161 Å². The van der Waals surface area contributed by atoms with Gasteiger partial charge in [-0.2, -0.15) is 0 Å². The highest BCUT2D eigenvalue weighted by molar-refractivity contribution is 5.78. The summed E-state index contributed by atoms with van der Waals surface area (Å²) in [7, 11) is 1.69. The van der Waals surface area contributed by atoms with E-state index in [1.165, 1.54) is 11.1 Å². The van der Waals surface area contributed by atoms with E-state index >= 15 is 0 Å². The molecule has 4 nitrogen and oxygen atoms in total. The van der Waals surface area contributed by atoms with E-state index in [0.29, 0.717) is 12.6 Å². The SMILES string of the molecule is COc1cccc(C2CCCN2CC(=O)NCC2(c3ccccc3)CC2)c1. The Balaban J connectivity index is 1.35. The monoisotopic (exact) mass is 364 g/mol. The van der Waals surface area contributed by atoms with Gasteiger partial charge >= 0.3 is 0 Å². The van der Waals surface area contributed by atoms with Gasteiger partial charge in [-0.15, -0.1) is 0 Å². The van der Waals surface area contributed by atoms with Crippen LogP contribution in [-0.2, 0) is 10.2 Å². The minimum Gasteiger partial charge on any atom is -0.497 e. The summed E-state index contributed by atoms with van der Waals surface area (Å²) in [5, 5.41) is 3.20. The Morgan fingerprint density at radius 2 is 2.00 bits per heavy atom. The van der Waals surface area contributed by atoms with Crippen LogP contribution in [0.5, 0.6) is 5.75 Å². The summed E-state index contributed by atoms with van der Waals surface area (Å²) < 4.78 is 5.36. The molecule has 2 fully saturated rings. The number of nitrogens with zero attached hydrogens (tertiary/aromatic N) is 1. The molecule has 1 heterocycles. The van der Waals surface area contributed by atoms with E-state index in [9.17, 15) is 4.79 Å². The van der Waals surface area contributed by atoms with E-state index in [2.05, 4.69) is 46.6 Å². The van der Waals surface area contributed by atoms with Gasteiger partial charge in [0.15, 0.2) is 0 Å². The standard InChI is InChI=1S/C23H28N2O2/c1-27-20-10-5-7-18(15-20)21-11-6-14-25(21)16-22(26)24-17-23(12-13-23)19-8-3-2-4-9-19/h2-5,7-10,15,21H,6,11-14,16-17H2,1H3,(H,24,26). The number of nitrogens with one attached hydrogen (secondary N) is 1. The van der Waals surface area contributed by atoms with E-state index in [-0.39, 0.29) is 11.3 Å². The molecule has 2 aromatic carbocycles. The van der Waals surface area contributed by atoms with Crippen LogP contribution in [0.15, 0.2) is 54.6 Å². The maximum atomic E-state index is 12.6. The van der Waals surface area contributed by atoms with Crippen molar-refractivity contribution >= 4 is 5.91 Å². The van der Waals surface area contributed by atoms with Gasteiger partial charge in [0.1, 0.15) is 5.75 Å². The zero-order chi connectivity index (χ0) is 18.7. The van der Waals surface area contributed by atoms with Gasteiger partial charge in [-0.25, -0.2) is 0 Å². The number of carbonyl (C=O) groups excluding carboxylic acids is 1. The Bertz CT molecular complexity index is 786. The number of ether oxygens (including phenoxy) is 1. The lowest BCUT2D eigenvalue weighted by molar-refractivity contribution is -0.122. The third kappa shape index (κ3) is 4.01. The summed E-state index contributed by atoms with van der Waals surface area (Å²) in [5.74, 6) is 1.01. The molecule has 0 radical (unpaired) electrons. The number of rotatable bonds is 7. The highest BCUT2D eigenvalue weighted by Crippen LogP contribution is 2.47. The molecule has 1 N–H and O–H groups in total. The van der Waals surface area contributed by atoms with Crippen LogP contribution >= 0.6 is 0 Å². The number of likely N-dealkylation sites (tertiary alicyclic amines) is 1. The second-order valence-corrected chi connectivity index (χ2v) is 7.83. The van der Waals surface area contributed by atoms with Crippen molar-refractivity contribution < 1.29 is 9.53 Å². The predicted octanol–water partition coefficient (Wildman–Crippen LogP) is 3.68. The Morgan fingerprint density at radius 3 is 2.74 bits per heavy atom. The summed E-state index contributed by atoms with van der Waals surface area (Å²) in [6, 6.07) is 19.1. The van der Waals surface area contributed by atoms with Crippen molar-refractivity contribution in [3.63, 3.8) is 0 Å². The molecule has 142 valence electrons. The molecule has 2 aliphatic rings. The van der Waals surface area contributed by atoms with E-state index < -0.39 is 0 Å². The Kier molecular flexibility index (Phi) is 5.17. The van der Waals surface area contributed by atoms with Crippen molar-refractivity contribution in [3.05, 3.63) is 65.7 Å². The molecular weight excluding hydrogens is 336 g/mol. The second-order valence-electron chi connectivity index (χ2n) is 7.83. The maximum Gasteiger partial charge on any atom is 0.234 e. The Hall–Kier alpha value is -2.33. The minimum atomic E-state index is 0.131. The van der Waals surface area contributed by atoms with Crippen LogP contribution in [-0.4, -0.2) is 37.6 Å². The minimum absolute atomic E-state index is 0.131. The van der Waals surface area contributed by atoms with Gasteiger partial charge in [0.25, 0.3) is 0 Å². The largest absolute Gasteiger partial charge is 0.497 e. The molecule has 1 saturated heterocycles. The summed E-state index contributed by atoms with van der Waals surface area (Å²) in [6.45, 7) is 2.18. The van der Waals surface area contributed by atoms with Crippen molar-refractivity contribution in [2.45, 2.75) is 37.1 Å². The summed E-state index contributed by atoms with van der Waals surface area (Å²) in [6.07, 6.45) is 4.54. The molecule has 27 heavy (non-hydrogen) atoms. The molecule has 1 atom stereocenters. The molecule has 1 saturated carbocycles. The normalized spacial score (nSPS) is 21.0. The number of hydrogen-bond acceptors (Lipinski definition) is 3. The fourth-order valence-corrected chi connectivity index (χ4v) is 4.26. The van der Waals surface area contributed by atoms with Gasteiger partial charge in [-0.3, -0.25) is 9.69 Å². The van der Waals surface area contributed by atoms with Crippen molar-refractivity contribution in [1.82, 2.24) is 10.2 Å². The smallest absolute Gasteiger partial charge is 0.234 e. The average Bonchev–Trinajstić information content (AvgIpc) is 3.38. The molecular formula is C23H28N2O2. The molecule has 4 rings (SSSR count). The van der Waals surface area contributed by atoms with Crippen LogP contribution in [0.3, 0.4) is 0 Å². The molecule has 1 aliphatic carbocycles. The lowest BCUT2D eigenvalue weighted by atomic mass is 9.96. The van der Waals surface area contributed by atoms with E-state index in [1.807, 2.05) is 18.2 Å². The van der Waals surface area contributed by atoms with Crippen molar-refractivity contribution in [2.75, 3.05) is 26.7 Å². The lowest BCUT2D eigenvalue weighted by Crippen LogP contribution is -2.40. The first-order valence-electron chi connectivity index (χ1n) is 9.90. The summed E-state index contributed by atoms with van der Waals surface area (Å²) in [5.41, 5.74) is 2.75. The molecule has 2 aromatic rings. The zero-order valence-corrected chi connectivity index (χ0v) is 16.0. The summed E-state index contributed by atoms with van der Waals surface area (Å²) in [4.78, 5) is 14.9. The van der Waals surface area contributed by atoms with E-state index in [1.54, 1.807) is 7.11 Å². The third-order valence-corrected chi connectivity index (χ3v) is 6.05. The molecule has 1 amide bonds. The van der Waals surface area contributed by atoms with Gasteiger partial charge in [-0.1, -0.05) is 42.5 Å². The maximum absolute atomic E-state index is 12.6. The lowest BCUT2D eigenvalue weighted by Gasteiger charge is -2.25. The molecule has 0 bridgehead atoms. The average molecular weight is 364 g/mol. The molecule has 0 aromatic heterocycles. The van der Waals surface area contributed by atoms with Crippen LogP contribution in [0.25, 0.3) is 0 Å². The van der Waals surface area contributed by atoms with Gasteiger partial charge in [-0.05, 0) is 55.5 Å². The van der Waals surface area contributed by atoms with Crippen molar-refractivity contribution in [1.29, 1.82) is 0 Å². The van der Waals surface area contributed by atoms with Crippen LogP contribution < -0.4 is 10.1 Å². The van der Waals surface area contributed by atoms with Crippen molar-refractivity contribution in [3.8, 4) is 5.75 Å². The summed E-state index contributed by atoms with van der Waals surface area (Å²) >= 11 is 0. The highest BCUT2D eigenvalue weighted by atomic mass is 16.5. The van der Waals surface area contributed by atoms with Crippen LogP contribution in [0.2, 0.25) is 0 Å². The number of amides is 1. The number of methoxy groups -OCH3 is 1. The van der Waals surface area contributed by atoms with Gasteiger partial charge in [0, 0.05) is 18.0 Å². The topological polar surface area (TPSA) is 41.6 Å². The van der Waals surface area contributed by atoms with Gasteiger partial charge in [0.05, 0.1) is 13.7 Å². The van der Waals surface area contributed by atoms with E-state index in [0.717, 1.165) is 44.5 Å². The molecule has 4 heteroatoms. The zero-order valence-electron chi connectivity index (χ0n) is 16.0. The first-order valence-corrected chi connectivity index (χ1v) is 9.90. The highest BCUT2D eigenvalue weighted by Gasteiger charge is 2.44. The second kappa shape index (κ2) is 7.73. The molecule has 0 spiro atoms. The van der Waals surface area contributed by atoms with Crippen molar-refractivity contribution in [2.24, 2.45) is 0 Å². The third-order valence-electron chi connectivity index (χ3n) is 6.05. The molecule has 1 aliphatic heterocycles. The Morgan fingerprint density at radius 1 is 1.19 bits per heavy atom. The first-order chi connectivity index (χ1) is 13.2. The van der Waals surface area contributed by atoms with Crippen LogP contribution in [0.1, 0.15) is 42.9 Å². The fourth-order valence-electron chi connectivity index (χ4n) is 4.26. The van der Waals surface area contributed by atoms with Crippen LogP contribution in [0.4, 0.5) is 0 Å². The van der Waals surface area contributed by atoms with Gasteiger partial charge in [0.2, 0.25) is 5.91 Å². The number of benzene rings is 2. The fraction of sp³-hybridized carbons (Fsp3) is 0.435. The predicted molar refractivity (Wildman–Crippen MR) is 107 cm³/mol. The first kappa shape index (κ1) is 18.1. The molecule has 1 unspecified atom stereocenters.